The molecule has 180 valence electrons. The Labute approximate surface area is 196 Å². The van der Waals surface area contributed by atoms with E-state index in [1.165, 1.54) is 41.7 Å². The summed E-state index contributed by atoms with van der Waals surface area (Å²) in [6.07, 6.45) is -0.560. The SMILES string of the molecule is COc1ccc(C(=O)Nc2ccc(F)c(Cl)c2)cc1S(=O)(=O)N1CCOCC(OCCO)C1. The molecule has 0 saturated carbocycles. The number of amides is 1. The third kappa shape index (κ3) is 6.19. The topological polar surface area (TPSA) is 114 Å². The van der Waals surface area contributed by atoms with Crippen LogP contribution in [0.3, 0.4) is 0 Å². The lowest BCUT2D eigenvalue weighted by molar-refractivity contribution is -0.0157. The van der Waals surface area contributed by atoms with E-state index >= 15 is 0 Å². The highest BCUT2D eigenvalue weighted by molar-refractivity contribution is 7.89. The largest absolute Gasteiger partial charge is 0.495 e. The molecule has 33 heavy (non-hydrogen) atoms. The second-order valence-electron chi connectivity index (χ2n) is 7.10. The van der Waals surface area contributed by atoms with E-state index in [0.717, 1.165) is 6.07 Å². The molecule has 2 N–H and O–H groups in total. The Balaban J connectivity index is 1.88. The number of anilines is 1. The maximum atomic E-state index is 13.4. The molecule has 3 rings (SSSR count). The van der Waals surface area contributed by atoms with Crippen LogP contribution in [0.2, 0.25) is 5.02 Å². The van der Waals surface area contributed by atoms with Crippen molar-refractivity contribution in [2.75, 3.05) is 51.9 Å². The third-order valence-electron chi connectivity index (χ3n) is 4.86. The molecule has 0 spiro atoms. The lowest BCUT2D eigenvalue weighted by Crippen LogP contribution is -2.39. The number of benzene rings is 2. The Bertz CT molecular complexity index is 1100. The van der Waals surface area contributed by atoms with E-state index < -0.39 is 27.9 Å². The van der Waals surface area contributed by atoms with Crippen molar-refractivity contribution in [1.29, 1.82) is 0 Å². The molecular weight excluding hydrogens is 479 g/mol. The molecule has 12 heteroatoms. The van der Waals surface area contributed by atoms with Crippen molar-refractivity contribution in [3.63, 3.8) is 0 Å². The predicted molar refractivity (Wildman–Crippen MR) is 119 cm³/mol. The Morgan fingerprint density at radius 2 is 2.12 bits per heavy atom. The lowest BCUT2D eigenvalue weighted by atomic mass is 10.2. The molecule has 1 aliphatic heterocycles. The van der Waals surface area contributed by atoms with Crippen LogP contribution in [-0.4, -0.2) is 76.5 Å². The number of ether oxygens (including phenoxy) is 3. The minimum absolute atomic E-state index is 0.00991. The van der Waals surface area contributed by atoms with E-state index in [1.54, 1.807) is 0 Å². The molecular formula is C21H24ClFN2O7S. The zero-order valence-corrected chi connectivity index (χ0v) is 19.4. The van der Waals surface area contributed by atoms with Crippen LogP contribution >= 0.6 is 11.6 Å². The van der Waals surface area contributed by atoms with Crippen molar-refractivity contribution in [2.45, 2.75) is 11.0 Å². The summed E-state index contributed by atoms with van der Waals surface area (Å²) in [5, 5.41) is 11.4. The maximum Gasteiger partial charge on any atom is 0.255 e. The van der Waals surface area contributed by atoms with Gasteiger partial charge in [-0.25, -0.2) is 12.8 Å². The molecule has 0 aliphatic carbocycles. The van der Waals surface area contributed by atoms with Gasteiger partial charge in [0.1, 0.15) is 16.5 Å². The maximum absolute atomic E-state index is 13.4. The molecule has 0 radical (unpaired) electrons. The van der Waals surface area contributed by atoms with Gasteiger partial charge in [-0.2, -0.15) is 4.31 Å². The number of methoxy groups -OCH3 is 1. The van der Waals surface area contributed by atoms with Crippen LogP contribution in [0, 0.1) is 5.82 Å². The first kappa shape index (κ1) is 25.3. The number of nitrogens with zero attached hydrogens (tertiary/aromatic N) is 1. The van der Waals surface area contributed by atoms with E-state index in [1.807, 2.05) is 0 Å². The number of sulfonamides is 1. The fourth-order valence-corrected chi connectivity index (χ4v) is 5.04. The highest BCUT2D eigenvalue weighted by Crippen LogP contribution is 2.29. The number of aliphatic hydroxyl groups excluding tert-OH is 1. The first-order chi connectivity index (χ1) is 15.8. The van der Waals surface area contributed by atoms with Crippen LogP contribution in [0.4, 0.5) is 10.1 Å². The van der Waals surface area contributed by atoms with Gasteiger partial charge in [0, 0.05) is 24.3 Å². The van der Waals surface area contributed by atoms with Gasteiger partial charge >= 0.3 is 0 Å². The smallest absolute Gasteiger partial charge is 0.255 e. The fourth-order valence-electron chi connectivity index (χ4n) is 3.23. The quantitative estimate of drug-likeness (QED) is 0.568. The van der Waals surface area contributed by atoms with Gasteiger partial charge < -0.3 is 24.6 Å². The van der Waals surface area contributed by atoms with Crippen LogP contribution in [0.1, 0.15) is 10.4 Å². The zero-order chi connectivity index (χ0) is 24.0. The fraction of sp³-hybridized carbons (Fsp3) is 0.381. The number of hydrogen-bond donors (Lipinski definition) is 2. The molecule has 2 aromatic carbocycles. The van der Waals surface area contributed by atoms with Crippen LogP contribution < -0.4 is 10.1 Å². The van der Waals surface area contributed by atoms with Crippen molar-refractivity contribution in [3.8, 4) is 5.75 Å². The monoisotopic (exact) mass is 502 g/mol. The number of nitrogens with one attached hydrogen (secondary N) is 1. The molecule has 9 nitrogen and oxygen atoms in total. The summed E-state index contributed by atoms with van der Waals surface area (Å²) >= 11 is 5.75. The molecule has 1 unspecified atom stereocenters. The first-order valence-corrected chi connectivity index (χ1v) is 11.8. The number of aliphatic hydroxyl groups is 1. The molecule has 1 saturated heterocycles. The van der Waals surface area contributed by atoms with Crippen molar-refractivity contribution in [2.24, 2.45) is 0 Å². The van der Waals surface area contributed by atoms with E-state index in [0.29, 0.717) is 0 Å². The molecule has 0 aromatic heterocycles. The molecule has 1 heterocycles. The van der Waals surface area contributed by atoms with E-state index in [4.69, 9.17) is 30.9 Å². The molecule has 1 atom stereocenters. The van der Waals surface area contributed by atoms with Gasteiger partial charge in [-0.05, 0) is 36.4 Å². The van der Waals surface area contributed by atoms with E-state index in [-0.39, 0.29) is 66.4 Å². The van der Waals surface area contributed by atoms with Crippen LogP contribution in [0.15, 0.2) is 41.3 Å². The standard InChI is InChI=1S/C21H24ClFN2O7S/c1-30-19-5-2-14(21(27)24-15-3-4-18(23)17(22)11-15)10-20(19)33(28,29)25-6-8-31-13-16(12-25)32-9-7-26/h2-5,10-11,16,26H,6-9,12-13H2,1H3,(H,24,27). The van der Waals surface area contributed by atoms with E-state index in [9.17, 15) is 17.6 Å². The summed E-state index contributed by atoms with van der Waals surface area (Å²) in [4.78, 5) is 12.5. The number of rotatable bonds is 8. The number of carbonyl (C=O) groups excluding carboxylic acids is 1. The van der Waals surface area contributed by atoms with Crippen molar-refractivity contribution in [1.82, 2.24) is 4.31 Å². The number of halogens is 2. The predicted octanol–water partition coefficient (Wildman–Crippen LogP) is 2.14. The van der Waals surface area contributed by atoms with Gasteiger partial charge in [0.25, 0.3) is 5.91 Å². The van der Waals surface area contributed by atoms with Crippen molar-refractivity contribution in [3.05, 3.63) is 52.8 Å². The second-order valence-corrected chi connectivity index (χ2v) is 9.42. The molecule has 0 bridgehead atoms. The zero-order valence-electron chi connectivity index (χ0n) is 17.8. The molecule has 1 aliphatic rings. The summed E-state index contributed by atoms with van der Waals surface area (Å²) in [6.45, 7) is 0.282. The number of carbonyl (C=O) groups is 1. The normalized spacial score (nSPS) is 17.4. The Morgan fingerprint density at radius 1 is 1.33 bits per heavy atom. The highest BCUT2D eigenvalue weighted by Gasteiger charge is 2.32. The second kappa shape index (κ2) is 11.2. The molecule has 2 aromatic rings. The summed E-state index contributed by atoms with van der Waals surface area (Å²) in [6, 6.07) is 7.71. The Hall–Kier alpha value is -2.28. The van der Waals surface area contributed by atoms with Crippen LogP contribution in [0.25, 0.3) is 0 Å². The van der Waals surface area contributed by atoms with Gasteiger partial charge in [-0.3, -0.25) is 4.79 Å². The van der Waals surface area contributed by atoms with Crippen LogP contribution in [-0.2, 0) is 19.5 Å². The summed E-state index contributed by atoms with van der Waals surface area (Å²) in [5.41, 5.74) is 0.300. The molecule has 1 amide bonds. The minimum atomic E-state index is -4.09. The summed E-state index contributed by atoms with van der Waals surface area (Å²) in [5.74, 6) is -1.18. The average molecular weight is 503 g/mol. The summed E-state index contributed by atoms with van der Waals surface area (Å²) in [7, 11) is -2.77. The Kier molecular flexibility index (Phi) is 8.63. The first-order valence-electron chi connectivity index (χ1n) is 10.0. The average Bonchev–Trinajstić information content (AvgIpc) is 3.06. The molecule has 1 fully saturated rings. The Morgan fingerprint density at radius 3 is 2.82 bits per heavy atom. The number of hydrogen-bond acceptors (Lipinski definition) is 7. The van der Waals surface area contributed by atoms with Crippen LogP contribution in [0.5, 0.6) is 5.75 Å². The summed E-state index contributed by atoms with van der Waals surface area (Å²) < 4.78 is 57.6. The minimum Gasteiger partial charge on any atom is -0.495 e. The van der Waals surface area contributed by atoms with Crippen molar-refractivity contribution >= 4 is 33.2 Å². The lowest BCUT2D eigenvalue weighted by Gasteiger charge is -2.24. The van der Waals surface area contributed by atoms with Gasteiger partial charge in [0.15, 0.2) is 0 Å². The highest BCUT2D eigenvalue weighted by atomic mass is 35.5. The van der Waals surface area contributed by atoms with Gasteiger partial charge in [-0.1, -0.05) is 11.6 Å². The van der Waals surface area contributed by atoms with Gasteiger partial charge in [0.2, 0.25) is 10.0 Å². The third-order valence-corrected chi connectivity index (χ3v) is 7.04. The van der Waals surface area contributed by atoms with E-state index in [2.05, 4.69) is 5.32 Å². The van der Waals surface area contributed by atoms with Crippen molar-refractivity contribution < 1.29 is 36.9 Å². The van der Waals surface area contributed by atoms with Gasteiger partial charge in [0.05, 0.1) is 44.7 Å². The van der Waals surface area contributed by atoms with Gasteiger partial charge in [-0.15, -0.1) is 0 Å².